The van der Waals surface area contributed by atoms with Gasteiger partial charge in [0, 0.05) is 18.5 Å². The fraction of sp³-hybridized carbons (Fsp3) is 0.909. The van der Waals surface area contributed by atoms with Gasteiger partial charge in [0.25, 0.3) is 0 Å². The largest absolute Gasteiger partial charge is 0.388 e. The summed E-state index contributed by atoms with van der Waals surface area (Å²) in [5.74, 6) is 0.322. The lowest BCUT2D eigenvalue weighted by molar-refractivity contribution is 0.103. The van der Waals surface area contributed by atoms with Crippen LogP contribution in [0, 0.1) is 5.41 Å². The summed E-state index contributed by atoms with van der Waals surface area (Å²) in [4.78, 5) is 2.56. The molecule has 1 aliphatic heterocycles. The van der Waals surface area contributed by atoms with Crippen LogP contribution in [0.2, 0.25) is 0 Å². The van der Waals surface area contributed by atoms with Crippen molar-refractivity contribution in [2.45, 2.75) is 58.0 Å². The first-order valence-corrected chi connectivity index (χ1v) is 5.70. The van der Waals surface area contributed by atoms with Crippen LogP contribution >= 0.6 is 0 Å². The second kappa shape index (κ2) is 5.35. The molecule has 3 N–H and O–H groups in total. The third kappa shape index (κ3) is 3.29. The molecule has 0 spiro atoms. The zero-order valence-electron chi connectivity index (χ0n) is 9.42. The van der Waals surface area contributed by atoms with Gasteiger partial charge in [0.05, 0.1) is 5.84 Å². The molecule has 1 aliphatic rings. The Bertz CT molecular complexity index is 181. The zero-order chi connectivity index (χ0) is 10.6. The minimum absolute atomic E-state index is 0.322. The first-order chi connectivity index (χ1) is 6.61. The van der Waals surface area contributed by atoms with Gasteiger partial charge in [-0.15, -0.1) is 0 Å². The van der Waals surface area contributed by atoms with E-state index in [1.165, 1.54) is 19.3 Å². The molecular weight excluding hydrogens is 174 g/mol. The van der Waals surface area contributed by atoms with Crippen molar-refractivity contribution in [1.82, 2.24) is 4.90 Å². The highest BCUT2D eigenvalue weighted by Gasteiger charge is 2.23. The molecular formula is C11H23N3. The number of hydrogen-bond acceptors (Lipinski definition) is 2. The quantitative estimate of drug-likeness (QED) is 0.535. The van der Waals surface area contributed by atoms with Crippen molar-refractivity contribution in [2.75, 3.05) is 6.54 Å². The van der Waals surface area contributed by atoms with E-state index < -0.39 is 0 Å². The number of rotatable bonds is 4. The summed E-state index contributed by atoms with van der Waals surface area (Å²) in [7, 11) is 0. The predicted octanol–water partition coefficient (Wildman–Crippen LogP) is 1.97. The van der Waals surface area contributed by atoms with Crippen LogP contribution in [-0.4, -0.2) is 29.4 Å². The molecule has 0 aromatic heterocycles. The molecule has 0 saturated carbocycles. The van der Waals surface area contributed by atoms with Crippen LogP contribution in [0.3, 0.4) is 0 Å². The van der Waals surface area contributed by atoms with Crippen molar-refractivity contribution in [1.29, 1.82) is 5.41 Å². The van der Waals surface area contributed by atoms with Gasteiger partial charge in [-0.05, 0) is 39.7 Å². The molecule has 3 nitrogen and oxygen atoms in total. The maximum atomic E-state index is 7.17. The van der Waals surface area contributed by atoms with E-state index in [4.69, 9.17) is 11.1 Å². The lowest BCUT2D eigenvalue weighted by Gasteiger charge is -2.39. The van der Waals surface area contributed by atoms with Gasteiger partial charge < -0.3 is 5.73 Å². The number of nitrogens with zero attached hydrogens (tertiary/aromatic N) is 1. The van der Waals surface area contributed by atoms with Crippen LogP contribution in [0.25, 0.3) is 0 Å². The summed E-state index contributed by atoms with van der Waals surface area (Å²) in [6.45, 7) is 5.72. The van der Waals surface area contributed by atoms with Gasteiger partial charge in [0.15, 0.2) is 0 Å². The van der Waals surface area contributed by atoms with Gasteiger partial charge >= 0.3 is 0 Å². The number of nitrogens with one attached hydrogen (secondary N) is 1. The van der Waals surface area contributed by atoms with E-state index in [1.807, 2.05) is 0 Å². The Morgan fingerprint density at radius 2 is 1.93 bits per heavy atom. The molecule has 1 heterocycles. The summed E-state index contributed by atoms with van der Waals surface area (Å²) < 4.78 is 0. The average molecular weight is 197 g/mol. The van der Waals surface area contributed by atoms with Gasteiger partial charge in [-0.3, -0.25) is 10.3 Å². The Morgan fingerprint density at radius 1 is 1.36 bits per heavy atom. The minimum Gasteiger partial charge on any atom is -0.388 e. The van der Waals surface area contributed by atoms with Crippen molar-refractivity contribution in [3.8, 4) is 0 Å². The maximum absolute atomic E-state index is 7.17. The highest BCUT2D eigenvalue weighted by atomic mass is 15.2. The Morgan fingerprint density at radius 3 is 2.43 bits per heavy atom. The minimum atomic E-state index is 0.322. The SMILES string of the molecule is C[C@@H]1CCC[C@H](C)N1CCCC(=N)N. The molecule has 0 amide bonds. The molecule has 0 aromatic carbocycles. The molecule has 1 fully saturated rings. The molecule has 0 aromatic rings. The van der Waals surface area contributed by atoms with Crippen LogP contribution in [0.4, 0.5) is 0 Å². The number of nitrogens with two attached hydrogens (primary N) is 1. The number of amidine groups is 1. The molecule has 1 rings (SSSR count). The molecule has 14 heavy (non-hydrogen) atoms. The smallest absolute Gasteiger partial charge is 0.0905 e. The normalized spacial score (nSPS) is 29.0. The molecule has 1 saturated heterocycles. The fourth-order valence-corrected chi connectivity index (χ4v) is 2.37. The molecule has 0 unspecified atom stereocenters. The van der Waals surface area contributed by atoms with Crippen molar-refractivity contribution in [3.05, 3.63) is 0 Å². The summed E-state index contributed by atoms with van der Waals surface area (Å²) in [5, 5.41) is 7.17. The molecule has 0 aliphatic carbocycles. The van der Waals surface area contributed by atoms with E-state index in [9.17, 15) is 0 Å². The van der Waals surface area contributed by atoms with Crippen molar-refractivity contribution in [2.24, 2.45) is 5.73 Å². The van der Waals surface area contributed by atoms with Crippen molar-refractivity contribution in [3.63, 3.8) is 0 Å². The second-order valence-corrected chi connectivity index (χ2v) is 4.50. The Balaban J connectivity index is 2.29. The Kier molecular flexibility index (Phi) is 4.39. The van der Waals surface area contributed by atoms with Crippen LogP contribution in [-0.2, 0) is 0 Å². The van der Waals surface area contributed by atoms with E-state index in [2.05, 4.69) is 18.7 Å². The summed E-state index contributed by atoms with van der Waals surface area (Å²) >= 11 is 0. The third-order valence-corrected chi connectivity index (χ3v) is 3.24. The van der Waals surface area contributed by atoms with Crippen molar-refractivity contribution < 1.29 is 0 Å². The molecule has 82 valence electrons. The average Bonchev–Trinajstić information content (AvgIpc) is 2.09. The second-order valence-electron chi connectivity index (χ2n) is 4.50. The maximum Gasteiger partial charge on any atom is 0.0905 e. The van der Waals surface area contributed by atoms with Gasteiger partial charge in [0.1, 0.15) is 0 Å². The number of hydrogen-bond donors (Lipinski definition) is 2. The first-order valence-electron chi connectivity index (χ1n) is 5.70. The zero-order valence-corrected chi connectivity index (χ0v) is 9.42. The topological polar surface area (TPSA) is 53.1 Å². The third-order valence-electron chi connectivity index (χ3n) is 3.24. The highest BCUT2D eigenvalue weighted by Crippen LogP contribution is 2.22. The van der Waals surface area contributed by atoms with Crippen LogP contribution in [0.1, 0.15) is 46.0 Å². The monoisotopic (exact) mass is 197 g/mol. The Hall–Kier alpha value is -0.570. The van der Waals surface area contributed by atoms with Gasteiger partial charge in [-0.1, -0.05) is 6.42 Å². The van der Waals surface area contributed by atoms with Crippen LogP contribution in [0.5, 0.6) is 0 Å². The van der Waals surface area contributed by atoms with Crippen LogP contribution < -0.4 is 5.73 Å². The lowest BCUT2D eigenvalue weighted by Crippen LogP contribution is -2.44. The van der Waals surface area contributed by atoms with E-state index in [1.54, 1.807) is 0 Å². The van der Waals surface area contributed by atoms with E-state index in [0.717, 1.165) is 19.4 Å². The predicted molar refractivity (Wildman–Crippen MR) is 60.6 cm³/mol. The summed E-state index contributed by atoms with van der Waals surface area (Å²) in [6, 6.07) is 1.43. The van der Waals surface area contributed by atoms with Gasteiger partial charge in [-0.2, -0.15) is 0 Å². The summed E-state index contributed by atoms with van der Waals surface area (Å²) in [6.07, 6.45) is 5.79. The van der Waals surface area contributed by atoms with E-state index in [-0.39, 0.29) is 0 Å². The number of likely N-dealkylation sites (tertiary alicyclic amines) is 1. The molecule has 3 heteroatoms. The standard InChI is InChI=1S/C11H23N3/c1-9-5-3-6-10(2)14(9)8-4-7-11(12)13/h9-10H,3-8H2,1-2H3,(H3,12,13)/t9-,10+. The van der Waals surface area contributed by atoms with Crippen molar-refractivity contribution >= 4 is 5.84 Å². The molecule has 0 radical (unpaired) electrons. The Labute approximate surface area is 87.2 Å². The van der Waals surface area contributed by atoms with Gasteiger partial charge in [0.2, 0.25) is 0 Å². The number of piperidine rings is 1. The molecule has 2 atom stereocenters. The lowest BCUT2D eigenvalue weighted by atomic mass is 9.97. The summed E-state index contributed by atoms with van der Waals surface area (Å²) in [5.41, 5.74) is 5.34. The highest BCUT2D eigenvalue weighted by molar-refractivity contribution is 5.76. The van der Waals surface area contributed by atoms with Gasteiger partial charge in [-0.25, -0.2) is 0 Å². The molecule has 0 bridgehead atoms. The van der Waals surface area contributed by atoms with E-state index in [0.29, 0.717) is 17.9 Å². The van der Waals surface area contributed by atoms with E-state index >= 15 is 0 Å². The van der Waals surface area contributed by atoms with Crippen LogP contribution in [0.15, 0.2) is 0 Å². The first kappa shape index (κ1) is 11.5. The fourth-order valence-electron chi connectivity index (χ4n) is 2.37.